The number of H-pyrrole nitrogens is 1. The molecule has 6 heteroatoms. The molecule has 3 aromatic rings. The highest BCUT2D eigenvalue weighted by atomic mass is 19.1. The molecule has 0 radical (unpaired) electrons. The fraction of sp³-hybridized carbons (Fsp3) is 0.407. The summed E-state index contributed by atoms with van der Waals surface area (Å²) in [6.07, 6.45) is 8.36. The van der Waals surface area contributed by atoms with Gasteiger partial charge in [-0.1, -0.05) is 37.5 Å². The fourth-order valence-electron chi connectivity index (χ4n) is 5.58. The standard InChI is InChI=1S/C27H30FN3O2/c28-22-11-9-19(10-12-22)26(32)30-25(15-21-16-29-24-8-4-3-7-23(21)24)27(33)31-14-13-18-5-1-2-6-20(18)17-31/h3-4,7-12,16,18,20,25,29H,1-2,5-6,13-15,17H2,(H,30,32)/t18-,20-,25+/m1/s1. The van der Waals surface area contributed by atoms with Crippen molar-refractivity contribution >= 4 is 22.7 Å². The van der Waals surface area contributed by atoms with E-state index in [0.29, 0.717) is 17.9 Å². The van der Waals surface area contributed by atoms with Crippen LogP contribution in [0.3, 0.4) is 0 Å². The molecule has 1 aliphatic heterocycles. The maximum absolute atomic E-state index is 13.7. The Bertz CT molecular complexity index is 1140. The summed E-state index contributed by atoms with van der Waals surface area (Å²) < 4.78 is 13.3. The fourth-order valence-corrected chi connectivity index (χ4v) is 5.58. The van der Waals surface area contributed by atoms with Crippen LogP contribution in [-0.4, -0.2) is 40.8 Å². The lowest BCUT2D eigenvalue weighted by Gasteiger charge is -2.42. The van der Waals surface area contributed by atoms with Crippen LogP contribution in [0.25, 0.3) is 10.9 Å². The van der Waals surface area contributed by atoms with Gasteiger partial charge in [-0.2, -0.15) is 0 Å². The zero-order chi connectivity index (χ0) is 22.8. The van der Waals surface area contributed by atoms with Gasteiger partial charge in [-0.25, -0.2) is 4.39 Å². The average molecular weight is 448 g/mol. The molecule has 2 fully saturated rings. The first-order chi connectivity index (χ1) is 16.1. The number of likely N-dealkylation sites (tertiary alicyclic amines) is 1. The number of aromatic amines is 1. The average Bonchev–Trinajstić information content (AvgIpc) is 3.26. The van der Waals surface area contributed by atoms with Crippen LogP contribution < -0.4 is 5.32 Å². The van der Waals surface area contributed by atoms with Crippen molar-refractivity contribution in [3.05, 3.63) is 71.7 Å². The maximum Gasteiger partial charge on any atom is 0.251 e. The zero-order valence-corrected chi connectivity index (χ0v) is 18.7. The largest absolute Gasteiger partial charge is 0.361 e. The number of nitrogens with zero attached hydrogens (tertiary/aromatic N) is 1. The van der Waals surface area contributed by atoms with Crippen molar-refractivity contribution in [2.75, 3.05) is 13.1 Å². The number of hydrogen-bond donors (Lipinski definition) is 2. The van der Waals surface area contributed by atoms with Crippen molar-refractivity contribution in [1.29, 1.82) is 0 Å². The number of piperidine rings is 1. The number of rotatable bonds is 5. The SMILES string of the molecule is O=C(N[C@@H](Cc1c[nH]c2ccccc12)C(=O)N1CC[C@H]2CCCC[C@@H]2C1)c1ccc(F)cc1. The summed E-state index contributed by atoms with van der Waals surface area (Å²) in [6.45, 7) is 1.52. The second-order valence-electron chi connectivity index (χ2n) is 9.47. The van der Waals surface area contributed by atoms with E-state index in [2.05, 4.69) is 10.3 Å². The number of nitrogens with one attached hydrogen (secondary N) is 2. The van der Waals surface area contributed by atoms with Gasteiger partial charge in [0, 0.05) is 42.2 Å². The third kappa shape index (κ3) is 4.65. The van der Waals surface area contributed by atoms with Gasteiger partial charge in [0.05, 0.1) is 0 Å². The van der Waals surface area contributed by atoms with E-state index in [1.807, 2.05) is 35.4 Å². The van der Waals surface area contributed by atoms with E-state index >= 15 is 0 Å². The second kappa shape index (κ2) is 9.38. The lowest BCUT2D eigenvalue weighted by molar-refractivity contribution is -0.136. The highest BCUT2D eigenvalue weighted by Crippen LogP contribution is 2.36. The van der Waals surface area contributed by atoms with Crippen molar-refractivity contribution in [2.24, 2.45) is 11.8 Å². The van der Waals surface area contributed by atoms with Crippen molar-refractivity contribution in [2.45, 2.75) is 44.6 Å². The molecule has 0 spiro atoms. The molecule has 5 nitrogen and oxygen atoms in total. The van der Waals surface area contributed by atoms with Crippen LogP contribution in [0.2, 0.25) is 0 Å². The van der Waals surface area contributed by atoms with Crippen LogP contribution in [-0.2, 0) is 11.2 Å². The molecule has 2 aromatic carbocycles. The van der Waals surface area contributed by atoms with Crippen LogP contribution in [0.4, 0.5) is 4.39 Å². The van der Waals surface area contributed by atoms with Gasteiger partial charge >= 0.3 is 0 Å². The predicted octanol–water partition coefficient (Wildman–Crippen LogP) is 4.69. The summed E-state index contributed by atoms with van der Waals surface area (Å²) in [6, 6.07) is 12.7. The summed E-state index contributed by atoms with van der Waals surface area (Å²) in [5.41, 5.74) is 2.35. The summed E-state index contributed by atoms with van der Waals surface area (Å²) in [5, 5.41) is 4.01. The van der Waals surface area contributed by atoms with E-state index in [-0.39, 0.29) is 11.8 Å². The first-order valence-electron chi connectivity index (χ1n) is 12.0. The van der Waals surface area contributed by atoms with Crippen molar-refractivity contribution in [1.82, 2.24) is 15.2 Å². The second-order valence-corrected chi connectivity index (χ2v) is 9.47. The van der Waals surface area contributed by atoms with E-state index < -0.39 is 11.9 Å². The van der Waals surface area contributed by atoms with E-state index in [4.69, 9.17) is 0 Å². The molecule has 3 atom stereocenters. The number of halogens is 1. The third-order valence-electron chi connectivity index (χ3n) is 7.41. The number of amides is 2. The monoisotopic (exact) mass is 447 g/mol. The van der Waals surface area contributed by atoms with Gasteiger partial charge in [0.25, 0.3) is 5.91 Å². The molecule has 5 rings (SSSR count). The minimum Gasteiger partial charge on any atom is -0.361 e. The Kier molecular flexibility index (Phi) is 6.16. The van der Waals surface area contributed by atoms with E-state index in [1.54, 1.807) is 0 Å². The summed E-state index contributed by atoms with van der Waals surface area (Å²) in [4.78, 5) is 31.9. The lowest BCUT2D eigenvalue weighted by Crippen LogP contribution is -2.53. The molecule has 1 aliphatic carbocycles. The van der Waals surface area contributed by atoms with Gasteiger partial charge in [0.15, 0.2) is 0 Å². The Morgan fingerprint density at radius 2 is 1.79 bits per heavy atom. The molecular formula is C27H30FN3O2. The van der Waals surface area contributed by atoms with Crippen LogP contribution in [0.1, 0.15) is 48.0 Å². The van der Waals surface area contributed by atoms with Crippen LogP contribution in [0.5, 0.6) is 0 Å². The Balaban J connectivity index is 1.38. The molecule has 0 unspecified atom stereocenters. The summed E-state index contributed by atoms with van der Waals surface area (Å²) in [5.74, 6) is 0.510. The Hall–Kier alpha value is -3.15. The summed E-state index contributed by atoms with van der Waals surface area (Å²) >= 11 is 0. The normalized spacial score (nSPS) is 21.4. The van der Waals surface area contributed by atoms with Gasteiger partial charge in [-0.15, -0.1) is 0 Å². The number of benzene rings is 2. The molecule has 1 saturated heterocycles. The Morgan fingerprint density at radius 1 is 1.03 bits per heavy atom. The molecule has 1 saturated carbocycles. The van der Waals surface area contributed by atoms with Gasteiger partial charge in [0.1, 0.15) is 11.9 Å². The molecular weight excluding hydrogens is 417 g/mol. The van der Waals surface area contributed by atoms with E-state index in [1.165, 1.54) is 49.9 Å². The first kappa shape index (κ1) is 21.7. The molecule has 0 bridgehead atoms. The number of para-hydroxylation sites is 1. The molecule has 2 heterocycles. The van der Waals surface area contributed by atoms with Crippen molar-refractivity contribution in [3.8, 4) is 0 Å². The van der Waals surface area contributed by atoms with Crippen LogP contribution in [0, 0.1) is 17.7 Å². The highest BCUT2D eigenvalue weighted by Gasteiger charge is 2.36. The molecule has 2 N–H and O–H groups in total. The number of carbonyl (C=O) groups is 2. The van der Waals surface area contributed by atoms with Gasteiger partial charge in [-0.3, -0.25) is 9.59 Å². The topological polar surface area (TPSA) is 65.2 Å². The number of hydrogen-bond acceptors (Lipinski definition) is 2. The predicted molar refractivity (Wildman–Crippen MR) is 126 cm³/mol. The number of aromatic nitrogens is 1. The number of carbonyl (C=O) groups excluding carboxylic acids is 2. The Labute approximate surface area is 193 Å². The highest BCUT2D eigenvalue weighted by molar-refractivity contribution is 5.98. The Morgan fingerprint density at radius 3 is 2.61 bits per heavy atom. The first-order valence-corrected chi connectivity index (χ1v) is 12.0. The zero-order valence-electron chi connectivity index (χ0n) is 18.7. The minimum atomic E-state index is -0.679. The van der Waals surface area contributed by atoms with Gasteiger partial charge in [0.2, 0.25) is 5.91 Å². The quantitative estimate of drug-likeness (QED) is 0.596. The smallest absolute Gasteiger partial charge is 0.251 e. The summed E-state index contributed by atoms with van der Waals surface area (Å²) in [7, 11) is 0. The van der Waals surface area contributed by atoms with Crippen molar-refractivity contribution < 1.29 is 14.0 Å². The number of fused-ring (bicyclic) bond motifs is 2. The van der Waals surface area contributed by atoms with Gasteiger partial charge < -0.3 is 15.2 Å². The molecule has 33 heavy (non-hydrogen) atoms. The third-order valence-corrected chi connectivity index (χ3v) is 7.41. The molecule has 172 valence electrons. The minimum absolute atomic E-state index is 0.0280. The van der Waals surface area contributed by atoms with Gasteiger partial charge in [-0.05, 0) is 60.6 Å². The van der Waals surface area contributed by atoms with Crippen LogP contribution in [0.15, 0.2) is 54.7 Å². The molecule has 1 aromatic heterocycles. The molecule has 2 aliphatic rings. The van der Waals surface area contributed by atoms with Crippen molar-refractivity contribution in [3.63, 3.8) is 0 Å². The molecule has 2 amide bonds. The van der Waals surface area contributed by atoms with E-state index in [9.17, 15) is 14.0 Å². The lowest BCUT2D eigenvalue weighted by atomic mass is 9.75. The van der Waals surface area contributed by atoms with Crippen LogP contribution >= 0.6 is 0 Å². The maximum atomic E-state index is 13.7. The van der Waals surface area contributed by atoms with E-state index in [0.717, 1.165) is 41.9 Å².